The molecule has 1 aliphatic rings. The molecule has 0 aliphatic heterocycles. The van der Waals surface area contributed by atoms with Gasteiger partial charge in [0.1, 0.15) is 5.82 Å². The molecule has 20 heavy (non-hydrogen) atoms. The van der Waals surface area contributed by atoms with Gasteiger partial charge in [-0.05, 0) is 31.8 Å². The molecule has 1 aliphatic carbocycles. The number of likely N-dealkylation sites (N-methyl/N-ethyl adjacent to an activating group) is 1. The molecule has 1 aromatic heterocycles. The van der Waals surface area contributed by atoms with Gasteiger partial charge in [-0.3, -0.25) is 4.79 Å². The van der Waals surface area contributed by atoms with Crippen LogP contribution in [0.15, 0.2) is 4.79 Å². The molecule has 2 rings (SSSR count). The minimum Gasteiger partial charge on any atom is -0.493 e. The number of nitrogens with one attached hydrogen (secondary N) is 1. The van der Waals surface area contributed by atoms with Crippen LogP contribution in [0.2, 0.25) is 0 Å². The zero-order valence-electron chi connectivity index (χ0n) is 12.5. The molecular weight excluding hydrogens is 254 g/mol. The predicted octanol–water partition coefficient (Wildman–Crippen LogP) is 2.02. The Hall–Kier alpha value is -1.36. The predicted molar refractivity (Wildman–Crippen MR) is 79.2 cm³/mol. The average Bonchev–Trinajstić information content (AvgIpc) is 2.93. The fourth-order valence-electron chi connectivity index (χ4n) is 3.02. The van der Waals surface area contributed by atoms with Crippen LogP contribution < -0.4 is 5.56 Å². The van der Waals surface area contributed by atoms with Gasteiger partial charge >= 0.3 is 0 Å². The average molecular weight is 279 g/mol. The lowest BCUT2D eigenvalue weighted by molar-refractivity contribution is 0.305. The number of nitrogens with zero attached hydrogens (tertiary/aromatic N) is 2. The van der Waals surface area contributed by atoms with E-state index in [9.17, 15) is 9.90 Å². The number of hydrogen-bond acceptors (Lipinski definition) is 4. The maximum Gasteiger partial charge on any atom is 0.258 e. The summed E-state index contributed by atoms with van der Waals surface area (Å²) in [4.78, 5) is 21.5. The van der Waals surface area contributed by atoms with Gasteiger partial charge in [0.15, 0.2) is 0 Å². The van der Waals surface area contributed by atoms with Crippen molar-refractivity contribution in [1.82, 2.24) is 14.9 Å². The molecule has 5 nitrogen and oxygen atoms in total. The van der Waals surface area contributed by atoms with E-state index in [0.29, 0.717) is 17.8 Å². The SMILES string of the molecule is CCN(CC)CCc1nc(O)c(C2CCCC2)c(=O)[nH]1. The lowest BCUT2D eigenvalue weighted by atomic mass is 10.00. The van der Waals surface area contributed by atoms with Crippen LogP contribution in [0.4, 0.5) is 0 Å². The van der Waals surface area contributed by atoms with E-state index >= 15 is 0 Å². The summed E-state index contributed by atoms with van der Waals surface area (Å²) < 4.78 is 0. The second-order valence-electron chi connectivity index (χ2n) is 5.51. The third kappa shape index (κ3) is 3.39. The van der Waals surface area contributed by atoms with E-state index in [-0.39, 0.29) is 17.4 Å². The van der Waals surface area contributed by atoms with Gasteiger partial charge in [0.25, 0.3) is 5.56 Å². The molecule has 0 radical (unpaired) electrons. The molecule has 1 heterocycles. The molecule has 0 unspecified atom stereocenters. The van der Waals surface area contributed by atoms with Crippen LogP contribution in [0.1, 0.15) is 56.8 Å². The van der Waals surface area contributed by atoms with Gasteiger partial charge in [-0.2, -0.15) is 0 Å². The van der Waals surface area contributed by atoms with Gasteiger partial charge in [-0.25, -0.2) is 4.98 Å². The Morgan fingerprint density at radius 1 is 1.30 bits per heavy atom. The summed E-state index contributed by atoms with van der Waals surface area (Å²) in [5, 5.41) is 10.1. The van der Waals surface area contributed by atoms with Crippen molar-refractivity contribution in [2.45, 2.75) is 51.9 Å². The van der Waals surface area contributed by atoms with E-state index in [1.807, 2.05) is 0 Å². The summed E-state index contributed by atoms with van der Waals surface area (Å²) in [6, 6.07) is 0. The van der Waals surface area contributed by atoms with E-state index < -0.39 is 0 Å². The quantitative estimate of drug-likeness (QED) is 0.836. The molecule has 0 spiro atoms. The largest absolute Gasteiger partial charge is 0.493 e. The van der Waals surface area contributed by atoms with Crippen LogP contribution in [0.25, 0.3) is 0 Å². The Labute approximate surface area is 120 Å². The molecule has 0 saturated heterocycles. The van der Waals surface area contributed by atoms with Crippen LogP contribution in [-0.4, -0.2) is 39.6 Å². The van der Waals surface area contributed by atoms with Gasteiger partial charge in [0.05, 0.1) is 5.56 Å². The number of aromatic nitrogens is 2. The van der Waals surface area contributed by atoms with Crippen molar-refractivity contribution < 1.29 is 5.11 Å². The summed E-state index contributed by atoms with van der Waals surface area (Å²) in [6.07, 6.45) is 4.89. The normalized spacial score (nSPS) is 16.1. The van der Waals surface area contributed by atoms with Crippen LogP contribution in [0, 0.1) is 0 Å². The van der Waals surface area contributed by atoms with Gasteiger partial charge in [-0.15, -0.1) is 0 Å². The highest BCUT2D eigenvalue weighted by Crippen LogP contribution is 2.35. The Morgan fingerprint density at radius 2 is 1.95 bits per heavy atom. The van der Waals surface area contributed by atoms with Gasteiger partial charge in [-0.1, -0.05) is 26.7 Å². The number of aromatic hydroxyl groups is 1. The highest BCUT2D eigenvalue weighted by Gasteiger charge is 2.24. The van der Waals surface area contributed by atoms with E-state index in [1.54, 1.807) is 0 Å². The molecule has 0 aromatic carbocycles. The number of rotatable bonds is 6. The van der Waals surface area contributed by atoms with Gasteiger partial charge < -0.3 is 15.0 Å². The van der Waals surface area contributed by atoms with Crippen LogP contribution in [0.3, 0.4) is 0 Å². The van der Waals surface area contributed by atoms with Crippen molar-refractivity contribution in [1.29, 1.82) is 0 Å². The maximum absolute atomic E-state index is 12.2. The third-order valence-corrected chi connectivity index (χ3v) is 4.31. The molecule has 5 heteroatoms. The molecular formula is C15H25N3O2. The molecule has 0 atom stereocenters. The number of H-pyrrole nitrogens is 1. The summed E-state index contributed by atoms with van der Waals surface area (Å²) in [6.45, 7) is 7.03. The van der Waals surface area contributed by atoms with Crippen LogP contribution in [-0.2, 0) is 6.42 Å². The van der Waals surface area contributed by atoms with Gasteiger partial charge in [0.2, 0.25) is 5.88 Å². The highest BCUT2D eigenvalue weighted by molar-refractivity contribution is 5.27. The topological polar surface area (TPSA) is 69.2 Å². The van der Waals surface area contributed by atoms with Crippen molar-refractivity contribution >= 4 is 0 Å². The Morgan fingerprint density at radius 3 is 2.50 bits per heavy atom. The lowest BCUT2D eigenvalue weighted by Crippen LogP contribution is -2.27. The summed E-state index contributed by atoms with van der Waals surface area (Å²) in [5.74, 6) is 0.708. The molecule has 1 aromatic rings. The first-order valence-corrected chi connectivity index (χ1v) is 7.70. The first kappa shape index (κ1) is 15.0. The van der Waals surface area contributed by atoms with Crippen molar-refractivity contribution in [3.05, 3.63) is 21.7 Å². The van der Waals surface area contributed by atoms with E-state index in [4.69, 9.17) is 0 Å². The smallest absolute Gasteiger partial charge is 0.258 e. The minimum atomic E-state index is -0.154. The molecule has 0 bridgehead atoms. The fraction of sp³-hybridized carbons (Fsp3) is 0.733. The third-order valence-electron chi connectivity index (χ3n) is 4.31. The lowest BCUT2D eigenvalue weighted by Gasteiger charge is -2.17. The molecule has 2 N–H and O–H groups in total. The fourth-order valence-corrected chi connectivity index (χ4v) is 3.02. The summed E-state index contributed by atoms with van der Waals surface area (Å²) >= 11 is 0. The summed E-state index contributed by atoms with van der Waals surface area (Å²) in [7, 11) is 0. The molecule has 1 fully saturated rings. The first-order valence-electron chi connectivity index (χ1n) is 7.70. The van der Waals surface area contributed by atoms with Crippen molar-refractivity contribution in [3.8, 4) is 5.88 Å². The monoisotopic (exact) mass is 279 g/mol. The van der Waals surface area contributed by atoms with Crippen molar-refractivity contribution in [3.63, 3.8) is 0 Å². The number of hydrogen-bond donors (Lipinski definition) is 2. The summed E-state index contributed by atoms with van der Waals surface area (Å²) in [5.41, 5.74) is 0.341. The van der Waals surface area contributed by atoms with Crippen LogP contribution in [0.5, 0.6) is 5.88 Å². The van der Waals surface area contributed by atoms with E-state index in [0.717, 1.165) is 45.3 Å². The number of aromatic amines is 1. The second-order valence-corrected chi connectivity index (χ2v) is 5.51. The Kier molecular flexibility index (Phi) is 5.17. The highest BCUT2D eigenvalue weighted by atomic mass is 16.3. The second kappa shape index (κ2) is 6.88. The standard InChI is InChI=1S/C15H25N3O2/c1-3-18(4-2)10-9-12-16-14(19)13(15(20)17-12)11-7-5-6-8-11/h11H,3-10H2,1-2H3,(H2,16,17,19,20). The van der Waals surface area contributed by atoms with Crippen molar-refractivity contribution in [2.24, 2.45) is 0 Å². The molecule has 0 amide bonds. The maximum atomic E-state index is 12.2. The zero-order valence-corrected chi connectivity index (χ0v) is 12.5. The van der Waals surface area contributed by atoms with Crippen LogP contribution >= 0.6 is 0 Å². The Bertz CT molecular complexity index is 488. The van der Waals surface area contributed by atoms with Crippen molar-refractivity contribution in [2.75, 3.05) is 19.6 Å². The molecule has 112 valence electrons. The van der Waals surface area contributed by atoms with Gasteiger partial charge in [0, 0.05) is 13.0 Å². The zero-order chi connectivity index (χ0) is 14.5. The Balaban J connectivity index is 2.11. The van der Waals surface area contributed by atoms with E-state index in [1.165, 1.54) is 0 Å². The molecule has 1 saturated carbocycles. The first-order chi connectivity index (χ1) is 9.65. The minimum absolute atomic E-state index is 0.0600. The van der Waals surface area contributed by atoms with E-state index in [2.05, 4.69) is 28.7 Å².